The Hall–Kier alpha value is -3.70. The van der Waals surface area contributed by atoms with Crippen molar-refractivity contribution in [2.24, 2.45) is 7.05 Å². The van der Waals surface area contributed by atoms with Gasteiger partial charge in [-0.15, -0.1) is 5.10 Å². The van der Waals surface area contributed by atoms with Crippen LogP contribution in [0.1, 0.15) is 39.6 Å². The number of hydrogen-bond donors (Lipinski definition) is 0. The SMILES string of the molecule is Cc1nn(C)c(Cl)c1-c1cn(Cc2nn3c(c2C(=O)N(C)Cc2ccc(-c4ccc(Br)cc4)o2)CCC3)nn1. The van der Waals surface area contributed by atoms with E-state index in [9.17, 15) is 4.79 Å². The quantitative estimate of drug-likeness (QED) is 0.254. The summed E-state index contributed by atoms with van der Waals surface area (Å²) in [6.45, 7) is 3.33. The van der Waals surface area contributed by atoms with Gasteiger partial charge in [0, 0.05) is 30.7 Å². The molecule has 0 saturated heterocycles. The van der Waals surface area contributed by atoms with Crippen molar-refractivity contribution in [3.63, 3.8) is 0 Å². The summed E-state index contributed by atoms with van der Waals surface area (Å²) in [5.74, 6) is 1.37. The first kappa shape index (κ1) is 25.6. The zero-order valence-electron chi connectivity index (χ0n) is 21.7. The molecule has 200 valence electrons. The van der Waals surface area contributed by atoms with Gasteiger partial charge < -0.3 is 9.32 Å². The molecule has 0 unspecified atom stereocenters. The van der Waals surface area contributed by atoms with E-state index in [1.165, 1.54) is 0 Å². The lowest BCUT2D eigenvalue weighted by molar-refractivity contribution is 0.0773. The monoisotopic (exact) mass is 608 g/mol. The van der Waals surface area contributed by atoms with Crippen LogP contribution >= 0.6 is 27.5 Å². The lowest BCUT2D eigenvalue weighted by Gasteiger charge is -2.16. The second-order valence-electron chi connectivity index (χ2n) is 9.71. The number of carbonyl (C=O) groups excluding carboxylic acids is 1. The summed E-state index contributed by atoms with van der Waals surface area (Å²) in [7, 11) is 3.57. The molecule has 5 heterocycles. The summed E-state index contributed by atoms with van der Waals surface area (Å²) >= 11 is 9.88. The molecule has 0 saturated carbocycles. The van der Waals surface area contributed by atoms with Crippen LogP contribution in [0.25, 0.3) is 22.6 Å². The van der Waals surface area contributed by atoms with Crippen LogP contribution in [0.4, 0.5) is 0 Å². The van der Waals surface area contributed by atoms with Crippen molar-refractivity contribution < 1.29 is 9.21 Å². The van der Waals surface area contributed by atoms with E-state index in [0.29, 0.717) is 41.0 Å². The zero-order valence-corrected chi connectivity index (χ0v) is 24.1. The standard InChI is InChI=1S/C27H26BrClN8O2/c1-16-24(26(29)35(3)31-16)20-14-36(33-30-20)15-21-25(22-5-4-12-37(22)32-21)27(38)34(2)13-19-10-11-23(39-19)17-6-8-18(28)9-7-17/h6-11,14H,4-5,12-13,15H2,1-3H3. The highest BCUT2D eigenvalue weighted by atomic mass is 79.9. The Kier molecular flexibility index (Phi) is 6.64. The van der Waals surface area contributed by atoms with E-state index in [0.717, 1.165) is 52.1 Å². The first-order valence-corrected chi connectivity index (χ1v) is 13.7. The molecule has 0 aliphatic carbocycles. The van der Waals surface area contributed by atoms with E-state index in [-0.39, 0.29) is 5.91 Å². The number of aromatic nitrogens is 7. The third-order valence-electron chi connectivity index (χ3n) is 6.92. The van der Waals surface area contributed by atoms with E-state index in [4.69, 9.17) is 21.1 Å². The summed E-state index contributed by atoms with van der Waals surface area (Å²) in [6.07, 6.45) is 3.59. The van der Waals surface area contributed by atoms with Crippen molar-refractivity contribution >= 4 is 33.4 Å². The molecular formula is C27H26BrClN8O2. The van der Waals surface area contributed by atoms with Gasteiger partial charge in [-0.3, -0.25) is 14.2 Å². The maximum absolute atomic E-state index is 13.8. The Bertz CT molecular complexity index is 1680. The minimum atomic E-state index is -0.0961. The molecule has 10 nitrogen and oxygen atoms in total. The minimum absolute atomic E-state index is 0.0961. The fourth-order valence-electron chi connectivity index (χ4n) is 5.04. The number of rotatable bonds is 7. The van der Waals surface area contributed by atoms with Crippen LogP contribution < -0.4 is 0 Å². The molecule has 1 amide bonds. The van der Waals surface area contributed by atoms with Gasteiger partial charge in [0.25, 0.3) is 5.91 Å². The predicted molar refractivity (Wildman–Crippen MR) is 149 cm³/mol. The van der Waals surface area contributed by atoms with Gasteiger partial charge in [-0.1, -0.05) is 44.9 Å². The fourth-order valence-corrected chi connectivity index (χ4v) is 5.57. The second kappa shape index (κ2) is 10.1. The molecule has 0 spiro atoms. The molecule has 1 aliphatic rings. The number of hydrogen-bond acceptors (Lipinski definition) is 6. The number of aryl methyl sites for hydroxylation is 3. The van der Waals surface area contributed by atoms with E-state index in [2.05, 4.69) is 31.3 Å². The normalized spacial score (nSPS) is 12.7. The van der Waals surface area contributed by atoms with Crippen molar-refractivity contribution in [1.82, 2.24) is 39.5 Å². The maximum atomic E-state index is 13.8. The number of furan rings is 1. The van der Waals surface area contributed by atoms with E-state index in [1.807, 2.05) is 54.2 Å². The van der Waals surface area contributed by atoms with E-state index < -0.39 is 0 Å². The second-order valence-corrected chi connectivity index (χ2v) is 11.0. The summed E-state index contributed by atoms with van der Waals surface area (Å²) in [4.78, 5) is 15.4. The van der Waals surface area contributed by atoms with Gasteiger partial charge in [0.05, 0.1) is 47.5 Å². The average molecular weight is 610 g/mol. The van der Waals surface area contributed by atoms with Crippen LogP contribution in [0.5, 0.6) is 0 Å². The number of amides is 1. The highest BCUT2D eigenvalue weighted by molar-refractivity contribution is 9.10. The Morgan fingerprint density at radius 3 is 2.72 bits per heavy atom. The molecule has 0 radical (unpaired) electrons. The van der Waals surface area contributed by atoms with Crippen molar-refractivity contribution in [2.45, 2.75) is 39.4 Å². The molecule has 0 bridgehead atoms. The molecule has 1 aliphatic heterocycles. The number of carbonyl (C=O) groups is 1. The molecule has 6 rings (SSSR count). The molecule has 39 heavy (non-hydrogen) atoms. The van der Waals surface area contributed by atoms with Gasteiger partial charge in [0.15, 0.2) is 0 Å². The minimum Gasteiger partial charge on any atom is -0.459 e. The van der Waals surface area contributed by atoms with Gasteiger partial charge in [0.1, 0.15) is 22.4 Å². The summed E-state index contributed by atoms with van der Waals surface area (Å²) in [5.41, 5.74) is 5.38. The summed E-state index contributed by atoms with van der Waals surface area (Å²) in [6, 6.07) is 11.8. The van der Waals surface area contributed by atoms with E-state index >= 15 is 0 Å². The average Bonchev–Trinajstić information content (AvgIpc) is 3.72. The maximum Gasteiger partial charge on any atom is 0.257 e. The van der Waals surface area contributed by atoms with Crippen molar-refractivity contribution in [1.29, 1.82) is 0 Å². The van der Waals surface area contributed by atoms with Gasteiger partial charge in [0.2, 0.25) is 0 Å². The molecule has 5 aromatic rings. The highest BCUT2D eigenvalue weighted by Crippen LogP contribution is 2.30. The molecule has 1 aromatic carbocycles. The van der Waals surface area contributed by atoms with Crippen LogP contribution in [-0.2, 0) is 33.1 Å². The van der Waals surface area contributed by atoms with E-state index in [1.54, 1.807) is 28.4 Å². The Morgan fingerprint density at radius 2 is 1.97 bits per heavy atom. The topological polar surface area (TPSA) is 99.8 Å². The van der Waals surface area contributed by atoms with Gasteiger partial charge in [-0.2, -0.15) is 10.2 Å². The molecule has 4 aromatic heterocycles. The van der Waals surface area contributed by atoms with Crippen molar-refractivity contribution in [2.75, 3.05) is 7.05 Å². The van der Waals surface area contributed by atoms with Crippen LogP contribution in [0.2, 0.25) is 5.15 Å². The Labute approximate surface area is 238 Å². The van der Waals surface area contributed by atoms with Crippen molar-refractivity contribution in [3.8, 4) is 22.6 Å². The van der Waals surface area contributed by atoms with Crippen LogP contribution in [-0.4, -0.2) is 52.4 Å². The number of nitrogens with zero attached hydrogens (tertiary/aromatic N) is 8. The molecule has 0 atom stereocenters. The number of halogens is 2. The predicted octanol–water partition coefficient (Wildman–Crippen LogP) is 5.13. The number of benzene rings is 1. The Balaban J connectivity index is 1.23. The van der Waals surface area contributed by atoms with Crippen LogP contribution in [0.3, 0.4) is 0 Å². The van der Waals surface area contributed by atoms with Crippen molar-refractivity contribution in [3.05, 3.63) is 80.6 Å². The first-order valence-electron chi connectivity index (χ1n) is 12.6. The highest BCUT2D eigenvalue weighted by Gasteiger charge is 2.29. The van der Waals surface area contributed by atoms with Gasteiger partial charge >= 0.3 is 0 Å². The Morgan fingerprint density at radius 1 is 1.18 bits per heavy atom. The zero-order chi connectivity index (χ0) is 27.3. The lowest BCUT2D eigenvalue weighted by Crippen LogP contribution is -2.27. The van der Waals surface area contributed by atoms with Crippen LogP contribution in [0, 0.1) is 6.92 Å². The fraction of sp³-hybridized carbons (Fsp3) is 0.296. The molecule has 0 fully saturated rings. The van der Waals surface area contributed by atoms with Gasteiger partial charge in [-0.05, 0) is 44.0 Å². The third-order valence-corrected chi connectivity index (χ3v) is 7.88. The molecular weight excluding hydrogens is 584 g/mol. The summed E-state index contributed by atoms with van der Waals surface area (Å²) < 4.78 is 12.3. The first-order chi connectivity index (χ1) is 18.8. The van der Waals surface area contributed by atoms with Gasteiger partial charge in [-0.25, -0.2) is 4.68 Å². The van der Waals surface area contributed by atoms with Crippen LogP contribution in [0.15, 0.2) is 51.5 Å². The number of fused-ring (bicyclic) bond motifs is 1. The summed E-state index contributed by atoms with van der Waals surface area (Å²) in [5, 5.41) is 18.2. The third kappa shape index (κ3) is 4.80. The molecule has 12 heteroatoms. The smallest absolute Gasteiger partial charge is 0.257 e. The molecule has 0 N–H and O–H groups in total. The lowest BCUT2D eigenvalue weighted by atomic mass is 10.1. The largest absolute Gasteiger partial charge is 0.459 e.